The minimum atomic E-state index is -4.15. The van der Waals surface area contributed by atoms with Gasteiger partial charge >= 0.3 is 0 Å². The second kappa shape index (κ2) is 14.5. The summed E-state index contributed by atoms with van der Waals surface area (Å²) in [6.45, 7) is -0.755. The highest BCUT2D eigenvalue weighted by Gasteiger charge is 2.43. The van der Waals surface area contributed by atoms with Crippen LogP contribution in [0.1, 0.15) is 11.3 Å². The fraction of sp³-hybridized carbons (Fsp3) is 0.194. The van der Waals surface area contributed by atoms with Crippen LogP contribution in [0.15, 0.2) is 123 Å². The number of nitrogens with one attached hydrogen (secondary N) is 2. The number of hydrazone groups is 1. The Morgan fingerprint density at radius 2 is 1.50 bits per heavy atom. The van der Waals surface area contributed by atoms with Gasteiger partial charge in [0.25, 0.3) is 11.8 Å². The van der Waals surface area contributed by atoms with Gasteiger partial charge in [-0.3, -0.25) is 9.59 Å². The highest BCUT2D eigenvalue weighted by molar-refractivity contribution is 7.89. The van der Waals surface area contributed by atoms with Crippen LogP contribution in [0.4, 0.5) is 0 Å². The molecule has 0 unspecified atom stereocenters. The Morgan fingerprint density at radius 1 is 0.848 bits per heavy atom. The summed E-state index contributed by atoms with van der Waals surface area (Å²) < 4.78 is 66.5. The lowest BCUT2D eigenvalue weighted by atomic mass is 10.2. The molecule has 1 aliphatic heterocycles. The van der Waals surface area contributed by atoms with Crippen LogP contribution in [0.3, 0.4) is 0 Å². The minimum absolute atomic E-state index is 0.0204. The van der Waals surface area contributed by atoms with Crippen LogP contribution in [-0.4, -0.2) is 75.8 Å². The van der Waals surface area contributed by atoms with Crippen LogP contribution in [0.2, 0.25) is 0 Å². The molecule has 1 atom stereocenters. The topological polar surface area (TPSA) is 168 Å². The molecule has 46 heavy (non-hydrogen) atoms. The van der Waals surface area contributed by atoms with Crippen molar-refractivity contribution in [2.24, 2.45) is 5.10 Å². The molecule has 2 amide bonds. The van der Waals surface area contributed by atoms with Crippen molar-refractivity contribution >= 4 is 38.1 Å². The monoisotopic (exact) mass is 665 g/mol. The van der Waals surface area contributed by atoms with Crippen molar-refractivity contribution in [1.29, 1.82) is 0 Å². The molecule has 1 aliphatic rings. The van der Waals surface area contributed by atoms with Gasteiger partial charge in [-0.1, -0.05) is 36.4 Å². The standard InChI is InChI=1S/C31H31N5O8S2/c37-30(32-21-26-8-7-19-43-26)23-44-25-15-13-24(14-16-25)20-33-34-31(38)29-22-35(45(39,40)27-9-3-1-4-10-27)17-18-36(29)46(41,42)28-11-5-2-6-12-28/h1-16,19-20,29H,17-18,21-23H2,(H,32,37)(H,34,38)/b33-20-/t29-/m1/s1. The van der Waals surface area contributed by atoms with Crippen LogP contribution in [0.5, 0.6) is 5.75 Å². The summed E-state index contributed by atoms with van der Waals surface area (Å²) in [7, 11) is -8.15. The van der Waals surface area contributed by atoms with Crippen LogP contribution in [0.25, 0.3) is 0 Å². The first-order valence-electron chi connectivity index (χ1n) is 14.1. The second-order valence-corrected chi connectivity index (χ2v) is 13.9. The molecule has 5 rings (SSSR count). The molecule has 13 nitrogen and oxygen atoms in total. The van der Waals surface area contributed by atoms with Gasteiger partial charge in [-0.15, -0.1) is 0 Å². The normalized spacial score (nSPS) is 16.2. The molecule has 240 valence electrons. The van der Waals surface area contributed by atoms with Gasteiger partial charge in [-0.25, -0.2) is 22.3 Å². The number of carbonyl (C=O) groups excluding carboxylic acids is 2. The molecule has 1 fully saturated rings. The number of amides is 2. The van der Waals surface area contributed by atoms with Gasteiger partial charge in [0.15, 0.2) is 6.61 Å². The van der Waals surface area contributed by atoms with E-state index in [1.54, 1.807) is 72.8 Å². The Hall–Kier alpha value is -4.83. The summed E-state index contributed by atoms with van der Waals surface area (Å²) in [5, 5.41) is 6.65. The molecule has 0 bridgehead atoms. The Bertz CT molecular complexity index is 1870. The summed E-state index contributed by atoms with van der Waals surface area (Å²) in [6, 6.07) is 23.9. The predicted octanol–water partition coefficient (Wildman–Crippen LogP) is 2.19. The maximum absolute atomic E-state index is 13.5. The molecule has 4 aromatic rings. The van der Waals surface area contributed by atoms with E-state index in [1.807, 2.05) is 0 Å². The van der Waals surface area contributed by atoms with Gasteiger partial charge in [0.05, 0.1) is 28.8 Å². The second-order valence-electron chi connectivity index (χ2n) is 10.1. The fourth-order valence-electron chi connectivity index (χ4n) is 4.62. The van der Waals surface area contributed by atoms with E-state index < -0.39 is 38.5 Å². The van der Waals surface area contributed by atoms with Crippen LogP contribution in [0, 0.1) is 0 Å². The van der Waals surface area contributed by atoms with E-state index in [0.717, 1.165) is 8.61 Å². The van der Waals surface area contributed by atoms with Crippen molar-refractivity contribution in [3.05, 3.63) is 115 Å². The molecule has 1 aromatic heterocycles. The van der Waals surface area contributed by atoms with Gasteiger partial charge in [0.1, 0.15) is 17.6 Å². The van der Waals surface area contributed by atoms with E-state index >= 15 is 0 Å². The lowest BCUT2D eigenvalue weighted by Gasteiger charge is -2.38. The molecule has 1 saturated heterocycles. The first-order valence-corrected chi connectivity index (χ1v) is 17.0. The van der Waals surface area contributed by atoms with Crippen molar-refractivity contribution in [1.82, 2.24) is 19.4 Å². The Balaban J connectivity index is 1.24. The SMILES string of the molecule is O=C(COc1ccc(/C=N\NC(=O)[C@H]2CN(S(=O)(=O)c3ccccc3)CCN2S(=O)(=O)c2ccccc2)cc1)NCc1ccco1. The zero-order valence-corrected chi connectivity index (χ0v) is 26.1. The molecule has 15 heteroatoms. The quantitative estimate of drug-likeness (QED) is 0.172. The summed E-state index contributed by atoms with van der Waals surface area (Å²) in [4.78, 5) is 25.4. The number of carbonyl (C=O) groups is 2. The Morgan fingerprint density at radius 3 is 2.13 bits per heavy atom. The minimum Gasteiger partial charge on any atom is -0.484 e. The van der Waals surface area contributed by atoms with E-state index in [9.17, 15) is 26.4 Å². The maximum atomic E-state index is 13.5. The van der Waals surface area contributed by atoms with Gasteiger partial charge < -0.3 is 14.5 Å². The average Bonchev–Trinajstić information content (AvgIpc) is 3.61. The number of rotatable bonds is 12. The van der Waals surface area contributed by atoms with Crippen LogP contribution >= 0.6 is 0 Å². The number of sulfonamides is 2. The summed E-state index contributed by atoms with van der Waals surface area (Å²) in [5.41, 5.74) is 2.93. The third-order valence-corrected chi connectivity index (χ3v) is 10.8. The van der Waals surface area contributed by atoms with Crippen LogP contribution < -0.4 is 15.5 Å². The number of hydrogen-bond acceptors (Lipinski definition) is 9. The molecule has 2 N–H and O–H groups in total. The largest absolute Gasteiger partial charge is 0.484 e. The van der Waals surface area contributed by atoms with E-state index in [1.165, 1.54) is 36.7 Å². The van der Waals surface area contributed by atoms with E-state index in [4.69, 9.17) is 9.15 Å². The van der Waals surface area contributed by atoms with Crippen molar-refractivity contribution in [2.45, 2.75) is 22.4 Å². The predicted molar refractivity (Wildman–Crippen MR) is 168 cm³/mol. The van der Waals surface area contributed by atoms with Gasteiger partial charge in [0, 0.05) is 19.6 Å². The lowest BCUT2D eigenvalue weighted by molar-refractivity contribution is -0.126. The molecule has 0 aliphatic carbocycles. The fourth-order valence-corrected chi connectivity index (χ4v) is 7.67. The summed E-state index contributed by atoms with van der Waals surface area (Å²) >= 11 is 0. The first-order chi connectivity index (χ1) is 22.1. The lowest BCUT2D eigenvalue weighted by Crippen LogP contribution is -2.60. The van der Waals surface area contributed by atoms with Crippen LogP contribution in [-0.2, 0) is 36.2 Å². The molecule has 0 spiro atoms. The summed E-state index contributed by atoms with van der Waals surface area (Å²) in [6.07, 6.45) is 2.86. The molecule has 0 radical (unpaired) electrons. The van der Waals surface area contributed by atoms with E-state index in [-0.39, 0.29) is 41.9 Å². The van der Waals surface area contributed by atoms with Crippen molar-refractivity contribution in [2.75, 3.05) is 26.2 Å². The molecular weight excluding hydrogens is 635 g/mol. The third kappa shape index (κ3) is 7.87. The third-order valence-electron chi connectivity index (χ3n) is 7.01. The van der Waals surface area contributed by atoms with Gasteiger partial charge in [-0.2, -0.15) is 13.7 Å². The van der Waals surface area contributed by atoms with Crippen molar-refractivity contribution in [3.63, 3.8) is 0 Å². The molecule has 2 heterocycles. The van der Waals surface area contributed by atoms with Crippen molar-refractivity contribution < 1.29 is 35.6 Å². The zero-order valence-electron chi connectivity index (χ0n) is 24.4. The number of nitrogens with zero attached hydrogens (tertiary/aromatic N) is 3. The van der Waals surface area contributed by atoms with Gasteiger partial charge in [-0.05, 0) is 66.2 Å². The van der Waals surface area contributed by atoms with Gasteiger partial charge in [0.2, 0.25) is 20.0 Å². The summed E-state index contributed by atoms with van der Waals surface area (Å²) in [5.74, 6) is -0.0826. The molecule has 3 aromatic carbocycles. The number of ether oxygens (including phenoxy) is 1. The highest BCUT2D eigenvalue weighted by Crippen LogP contribution is 2.25. The first kappa shape index (κ1) is 32.6. The van der Waals surface area contributed by atoms with Crippen molar-refractivity contribution in [3.8, 4) is 5.75 Å². The number of piperazine rings is 1. The van der Waals surface area contributed by atoms with E-state index in [2.05, 4.69) is 15.8 Å². The average molecular weight is 666 g/mol. The zero-order chi connectivity index (χ0) is 32.6. The maximum Gasteiger partial charge on any atom is 0.259 e. The number of furan rings is 1. The Kier molecular flexibility index (Phi) is 10.3. The number of hydrogen-bond donors (Lipinski definition) is 2. The van der Waals surface area contributed by atoms with E-state index in [0.29, 0.717) is 17.1 Å². The molecular formula is C31H31N5O8S2. The highest BCUT2D eigenvalue weighted by atomic mass is 32.2. The molecule has 0 saturated carbocycles. The number of benzene rings is 3. The Labute approximate surface area is 266 Å². The smallest absolute Gasteiger partial charge is 0.259 e.